The van der Waals surface area contributed by atoms with E-state index in [9.17, 15) is 5.11 Å². The largest absolute Gasteiger partial charge is 0.411 e. The van der Waals surface area contributed by atoms with Crippen LogP contribution in [0.2, 0.25) is 0 Å². The van der Waals surface area contributed by atoms with Gasteiger partial charge in [-0.25, -0.2) is 0 Å². The molecule has 15 heavy (non-hydrogen) atoms. The van der Waals surface area contributed by atoms with Crippen molar-refractivity contribution >= 4 is 5.71 Å². The van der Waals surface area contributed by atoms with E-state index in [4.69, 9.17) is 5.21 Å². The molecule has 0 fully saturated rings. The van der Waals surface area contributed by atoms with Crippen LogP contribution in [-0.2, 0) is 0 Å². The standard InChI is InChI=1S/C12H25NO2/c1-4-5-6-12(8-7-11(3)14)9-10(2)13-15/h11-12,14-15H,4-9H2,1-3H3. The Morgan fingerprint density at radius 3 is 2.40 bits per heavy atom. The van der Waals surface area contributed by atoms with Gasteiger partial charge in [0.2, 0.25) is 0 Å². The molecule has 0 radical (unpaired) electrons. The van der Waals surface area contributed by atoms with Crippen LogP contribution in [0.5, 0.6) is 0 Å². The molecule has 0 saturated carbocycles. The van der Waals surface area contributed by atoms with Crippen molar-refractivity contribution in [3.8, 4) is 0 Å². The van der Waals surface area contributed by atoms with Gasteiger partial charge in [-0.05, 0) is 39.0 Å². The van der Waals surface area contributed by atoms with Gasteiger partial charge >= 0.3 is 0 Å². The minimum absolute atomic E-state index is 0.222. The number of aliphatic hydroxyl groups is 1. The summed E-state index contributed by atoms with van der Waals surface area (Å²) in [5.41, 5.74) is 0.793. The highest BCUT2D eigenvalue weighted by Crippen LogP contribution is 2.20. The van der Waals surface area contributed by atoms with Crippen LogP contribution in [-0.4, -0.2) is 22.1 Å². The first-order valence-corrected chi connectivity index (χ1v) is 5.95. The molecule has 90 valence electrons. The number of rotatable bonds is 8. The van der Waals surface area contributed by atoms with E-state index in [0.29, 0.717) is 5.92 Å². The van der Waals surface area contributed by atoms with E-state index in [1.54, 1.807) is 0 Å². The summed E-state index contributed by atoms with van der Waals surface area (Å²) in [6.07, 6.45) is 6.06. The average Bonchev–Trinajstić information content (AvgIpc) is 2.21. The Morgan fingerprint density at radius 2 is 1.93 bits per heavy atom. The van der Waals surface area contributed by atoms with Crippen molar-refractivity contribution in [3.05, 3.63) is 0 Å². The molecule has 0 aromatic carbocycles. The predicted octanol–water partition coefficient (Wildman–Crippen LogP) is 3.19. The normalized spacial score (nSPS) is 16.4. The van der Waals surface area contributed by atoms with Gasteiger partial charge in [0.1, 0.15) is 0 Å². The second-order valence-corrected chi connectivity index (χ2v) is 4.47. The van der Waals surface area contributed by atoms with Gasteiger partial charge in [0.15, 0.2) is 0 Å². The maximum Gasteiger partial charge on any atom is 0.0542 e. The van der Waals surface area contributed by atoms with E-state index in [2.05, 4.69) is 12.1 Å². The molecule has 0 bridgehead atoms. The van der Waals surface area contributed by atoms with Gasteiger partial charge in [0.05, 0.1) is 11.8 Å². The summed E-state index contributed by atoms with van der Waals surface area (Å²) in [6, 6.07) is 0. The molecule has 0 aliphatic carbocycles. The van der Waals surface area contributed by atoms with E-state index < -0.39 is 0 Å². The molecule has 0 aromatic rings. The van der Waals surface area contributed by atoms with E-state index in [1.165, 1.54) is 12.8 Å². The lowest BCUT2D eigenvalue weighted by Gasteiger charge is -2.16. The Bertz CT molecular complexity index is 178. The third-order valence-electron chi connectivity index (χ3n) is 2.71. The number of hydrogen-bond acceptors (Lipinski definition) is 3. The van der Waals surface area contributed by atoms with Crippen molar-refractivity contribution < 1.29 is 10.3 Å². The predicted molar refractivity (Wildman–Crippen MR) is 63.4 cm³/mol. The van der Waals surface area contributed by atoms with Crippen LogP contribution >= 0.6 is 0 Å². The van der Waals surface area contributed by atoms with Crippen LogP contribution < -0.4 is 0 Å². The smallest absolute Gasteiger partial charge is 0.0542 e. The van der Waals surface area contributed by atoms with Crippen molar-refractivity contribution in [3.63, 3.8) is 0 Å². The first kappa shape index (κ1) is 14.4. The summed E-state index contributed by atoms with van der Waals surface area (Å²) in [4.78, 5) is 0. The third-order valence-corrected chi connectivity index (χ3v) is 2.71. The Hall–Kier alpha value is -0.570. The zero-order chi connectivity index (χ0) is 11.7. The van der Waals surface area contributed by atoms with Gasteiger partial charge in [0, 0.05) is 0 Å². The van der Waals surface area contributed by atoms with Gasteiger partial charge in [-0.3, -0.25) is 0 Å². The first-order chi connectivity index (χ1) is 7.10. The summed E-state index contributed by atoms with van der Waals surface area (Å²) in [7, 11) is 0. The maximum absolute atomic E-state index is 9.24. The quantitative estimate of drug-likeness (QED) is 0.371. The van der Waals surface area contributed by atoms with Crippen molar-refractivity contribution in [2.24, 2.45) is 11.1 Å². The van der Waals surface area contributed by atoms with Gasteiger partial charge < -0.3 is 10.3 Å². The summed E-state index contributed by atoms with van der Waals surface area (Å²) in [6.45, 7) is 5.85. The molecule has 0 aliphatic heterocycles. The fourth-order valence-corrected chi connectivity index (χ4v) is 1.78. The molecule has 0 rings (SSSR count). The van der Waals surface area contributed by atoms with Gasteiger partial charge in [-0.1, -0.05) is 31.3 Å². The summed E-state index contributed by atoms with van der Waals surface area (Å²) >= 11 is 0. The highest BCUT2D eigenvalue weighted by molar-refractivity contribution is 5.81. The highest BCUT2D eigenvalue weighted by atomic mass is 16.4. The minimum atomic E-state index is -0.222. The van der Waals surface area contributed by atoms with Crippen LogP contribution in [0.1, 0.15) is 59.3 Å². The lowest BCUT2D eigenvalue weighted by Crippen LogP contribution is -2.10. The number of oxime groups is 1. The third kappa shape index (κ3) is 8.43. The molecule has 0 aromatic heterocycles. The molecular formula is C12H25NO2. The fourth-order valence-electron chi connectivity index (χ4n) is 1.78. The molecule has 0 heterocycles. The number of aliphatic hydroxyl groups excluding tert-OH is 1. The molecule has 3 heteroatoms. The number of nitrogens with zero attached hydrogens (tertiary/aromatic N) is 1. The minimum Gasteiger partial charge on any atom is -0.411 e. The van der Waals surface area contributed by atoms with Crippen molar-refractivity contribution in [1.82, 2.24) is 0 Å². The molecule has 0 saturated heterocycles. The monoisotopic (exact) mass is 215 g/mol. The van der Waals surface area contributed by atoms with Crippen LogP contribution in [0.25, 0.3) is 0 Å². The number of hydrogen-bond donors (Lipinski definition) is 2. The van der Waals surface area contributed by atoms with E-state index in [0.717, 1.165) is 31.4 Å². The number of unbranched alkanes of at least 4 members (excludes halogenated alkanes) is 1. The van der Waals surface area contributed by atoms with E-state index in [-0.39, 0.29) is 6.10 Å². The van der Waals surface area contributed by atoms with Crippen LogP contribution in [0.4, 0.5) is 0 Å². The van der Waals surface area contributed by atoms with Crippen LogP contribution in [0.15, 0.2) is 5.16 Å². The van der Waals surface area contributed by atoms with Gasteiger partial charge in [0.25, 0.3) is 0 Å². The molecule has 2 N–H and O–H groups in total. The molecule has 0 amide bonds. The summed E-state index contributed by atoms with van der Waals surface area (Å²) in [5, 5.41) is 21.1. The molecule has 3 nitrogen and oxygen atoms in total. The fraction of sp³-hybridized carbons (Fsp3) is 0.917. The molecular weight excluding hydrogens is 190 g/mol. The Balaban J connectivity index is 3.94. The van der Waals surface area contributed by atoms with Gasteiger partial charge in [-0.15, -0.1) is 0 Å². The van der Waals surface area contributed by atoms with Crippen LogP contribution in [0, 0.1) is 5.92 Å². The van der Waals surface area contributed by atoms with Crippen molar-refractivity contribution in [2.75, 3.05) is 0 Å². The van der Waals surface area contributed by atoms with E-state index in [1.807, 2.05) is 13.8 Å². The maximum atomic E-state index is 9.24. The SMILES string of the molecule is CCCCC(CCC(C)O)CC(C)=NO. The van der Waals surface area contributed by atoms with Crippen molar-refractivity contribution in [1.29, 1.82) is 0 Å². The topological polar surface area (TPSA) is 52.8 Å². The lowest BCUT2D eigenvalue weighted by atomic mass is 9.91. The lowest BCUT2D eigenvalue weighted by molar-refractivity contribution is 0.172. The highest BCUT2D eigenvalue weighted by Gasteiger charge is 2.11. The average molecular weight is 215 g/mol. The first-order valence-electron chi connectivity index (χ1n) is 5.95. The second-order valence-electron chi connectivity index (χ2n) is 4.47. The Labute approximate surface area is 93.2 Å². The van der Waals surface area contributed by atoms with E-state index >= 15 is 0 Å². The molecule has 2 atom stereocenters. The van der Waals surface area contributed by atoms with Gasteiger partial charge in [-0.2, -0.15) is 0 Å². The zero-order valence-corrected chi connectivity index (χ0v) is 10.2. The zero-order valence-electron chi connectivity index (χ0n) is 10.2. The van der Waals surface area contributed by atoms with Crippen molar-refractivity contribution in [2.45, 2.75) is 65.4 Å². The Morgan fingerprint density at radius 1 is 1.27 bits per heavy atom. The summed E-state index contributed by atoms with van der Waals surface area (Å²) in [5.74, 6) is 0.551. The van der Waals surface area contributed by atoms with Crippen LogP contribution in [0.3, 0.4) is 0 Å². The second kappa shape index (κ2) is 8.72. The molecule has 0 aliphatic rings. The summed E-state index contributed by atoms with van der Waals surface area (Å²) < 4.78 is 0. The molecule has 2 unspecified atom stereocenters. The molecule has 0 spiro atoms. The Kier molecular flexibility index (Phi) is 8.38.